The highest BCUT2D eigenvalue weighted by atomic mass is 19.4. The van der Waals surface area contributed by atoms with Crippen LogP contribution in [0.2, 0.25) is 0 Å². The third-order valence-corrected chi connectivity index (χ3v) is 2.91. The maximum absolute atomic E-state index is 12.4. The van der Waals surface area contributed by atoms with Crippen LogP contribution >= 0.6 is 0 Å². The minimum Gasteiger partial charge on any atom is -0.292 e. The van der Waals surface area contributed by atoms with Crippen LogP contribution in [0, 0.1) is 0 Å². The number of nitrogens with zero attached hydrogens (tertiary/aromatic N) is 3. The van der Waals surface area contributed by atoms with Gasteiger partial charge in [0.25, 0.3) is 0 Å². The molecule has 0 radical (unpaired) electrons. The number of rotatable bonds is 4. The van der Waals surface area contributed by atoms with Crippen LogP contribution in [0.5, 0.6) is 0 Å². The summed E-state index contributed by atoms with van der Waals surface area (Å²) in [6, 6.07) is 3.83. The number of carbonyl (C=O) groups is 1. The average molecular weight is 297 g/mol. The molecule has 0 unspecified atom stereocenters. The van der Waals surface area contributed by atoms with E-state index in [2.05, 4.69) is 10.1 Å². The van der Waals surface area contributed by atoms with Crippen molar-refractivity contribution in [3.8, 4) is 0 Å². The van der Waals surface area contributed by atoms with Crippen LogP contribution in [-0.2, 0) is 12.6 Å². The summed E-state index contributed by atoms with van der Waals surface area (Å²) in [5.41, 5.74) is -0.305. The zero-order chi connectivity index (χ0) is 15.6. The summed E-state index contributed by atoms with van der Waals surface area (Å²) in [7, 11) is 0. The van der Waals surface area contributed by atoms with Gasteiger partial charge in [-0.05, 0) is 32.0 Å². The molecule has 2 aromatic heterocycles. The van der Waals surface area contributed by atoms with E-state index >= 15 is 0 Å². The SMILES string of the molecule is CC(C)n1ccc(CC(=O)c2ccc(C(F)(F)F)cn2)n1. The van der Waals surface area contributed by atoms with Crippen LogP contribution in [0.15, 0.2) is 30.6 Å². The normalized spacial score (nSPS) is 11.9. The van der Waals surface area contributed by atoms with Gasteiger partial charge in [0.1, 0.15) is 5.69 Å². The van der Waals surface area contributed by atoms with Crippen LogP contribution in [-0.4, -0.2) is 20.5 Å². The Morgan fingerprint density at radius 2 is 2.00 bits per heavy atom. The van der Waals surface area contributed by atoms with Crippen LogP contribution in [0.25, 0.3) is 0 Å². The van der Waals surface area contributed by atoms with Crippen molar-refractivity contribution in [2.75, 3.05) is 0 Å². The Kier molecular flexibility index (Phi) is 4.11. The Bertz CT molecular complexity index is 630. The van der Waals surface area contributed by atoms with Gasteiger partial charge in [-0.2, -0.15) is 18.3 Å². The first kappa shape index (κ1) is 15.2. The van der Waals surface area contributed by atoms with Crippen molar-refractivity contribution in [3.05, 3.63) is 47.5 Å². The Morgan fingerprint density at radius 3 is 2.48 bits per heavy atom. The van der Waals surface area contributed by atoms with Crippen molar-refractivity contribution in [2.24, 2.45) is 0 Å². The molecular weight excluding hydrogens is 283 g/mol. The van der Waals surface area contributed by atoms with Gasteiger partial charge in [0, 0.05) is 18.4 Å². The predicted molar refractivity (Wildman–Crippen MR) is 69.9 cm³/mol. The molecule has 112 valence electrons. The average Bonchev–Trinajstić information content (AvgIpc) is 2.86. The molecule has 0 aliphatic heterocycles. The van der Waals surface area contributed by atoms with Gasteiger partial charge in [-0.1, -0.05) is 0 Å². The van der Waals surface area contributed by atoms with E-state index < -0.39 is 11.7 Å². The Balaban J connectivity index is 2.09. The number of aromatic nitrogens is 3. The first-order valence-electron chi connectivity index (χ1n) is 6.38. The number of ketones is 1. The summed E-state index contributed by atoms with van der Waals surface area (Å²) < 4.78 is 38.9. The molecule has 2 rings (SSSR count). The molecule has 0 atom stereocenters. The third kappa shape index (κ3) is 3.68. The molecule has 7 heteroatoms. The Hall–Kier alpha value is -2.18. The van der Waals surface area contributed by atoms with E-state index in [9.17, 15) is 18.0 Å². The lowest BCUT2D eigenvalue weighted by Crippen LogP contribution is -2.10. The first-order valence-corrected chi connectivity index (χ1v) is 6.38. The number of pyridine rings is 1. The molecule has 0 N–H and O–H groups in total. The molecule has 0 spiro atoms. The molecule has 0 amide bonds. The Morgan fingerprint density at radius 1 is 1.29 bits per heavy atom. The molecular formula is C14H14F3N3O. The van der Waals surface area contributed by atoms with E-state index in [4.69, 9.17) is 0 Å². The van der Waals surface area contributed by atoms with Gasteiger partial charge in [0.15, 0.2) is 5.78 Å². The van der Waals surface area contributed by atoms with Gasteiger partial charge in [-0.15, -0.1) is 0 Å². The molecule has 21 heavy (non-hydrogen) atoms. The Labute approximate surface area is 119 Å². The summed E-state index contributed by atoms with van der Waals surface area (Å²) in [4.78, 5) is 15.5. The van der Waals surface area contributed by atoms with Crippen molar-refractivity contribution in [1.82, 2.24) is 14.8 Å². The van der Waals surface area contributed by atoms with Crippen molar-refractivity contribution in [3.63, 3.8) is 0 Å². The van der Waals surface area contributed by atoms with E-state index in [-0.39, 0.29) is 23.9 Å². The largest absolute Gasteiger partial charge is 0.417 e. The molecule has 0 fully saturated rings. The van der Waals surface area contributed by atoms with Crippen molar-refractivity contribution < 1.29 is 18.0 Å². The van der Waals surface area contributed by atoms with E-state index in [0.29, 0.717) is 11.9 Å². The fraction of sp³-hybridized carbons (Fsp3) is 0.357. The molecule has 0 bridgehead atoms. The van der Waals surface area contributed by atoms with Crippen molar-refractivity contribution in [1.29, 1.82) is 0 Å². The minimum absolute atomic E-state index is 0.00194. The zero-order valence-electron chi connectivity index (χ0n) is 11.6. The number of carbonyl (C=O) groups excluding carboxylic acids is 1. The fourth-order valence-corrected chi connectivity index (χ4v) is 1.74. The maximum atomic E-state index is 12.4. The number of hydrogen-bond donors (Lipinski definition) is 0. The lowest BCUT2D eigenvalue weighted by Gasteiger charge is -2.06. The first-order chi connectivity index (χ1) is 9.77. The third-order valence-electron chi connectivity index (χ3n) is 2.91. The van der Waals surface area contributed by atoms with Crippen LogP contribution in [0.3, 0.4) is 0 Å². The summed E-state index contributed by atoms with van der Waals surface area (Å²) in [5, 5.41) is 4.22. The van der Waals surface area contributed by atoms with E-state index in [0.717, 1.165) is 12.1 Å². The van der Waals surface area contributed by atoms with Gasteiger partial charge in [-0.3, -0.25) is 14.5 Å². The molecule has 4 nitrogen and oxygen atoms in total. The molecule has 2 aromatic rings. The molecule has 0 aliphatic rings. The van der Waals surface area contributed by atoms with E-state index in [1.54, 1.807) is 16.9 Å². The second-order valence-corrected chi connectivity index (χ2v) is 4.91. The highest BCUT2D eigenvalue weighted by Crippen LogP contribution is 2.28. The molecule has 0 aliphatic carbocycles. The predicted octanol–water partition coefficient (Wildman–Crippen LogP) is 3.30. The van der Waals surface area contributed by atoms with Gasteiger partial charge in [0.2, 0.25) is 0 Å². The highest BCUT2D eigenvalue weighted by Gasteiger charge is 2.30. The van der Waals surface area contributed by atoms with Crippen LogP contribution in [0.4, 0.5) is 13.2 Å². The standard InChI is InChI=1S/C14H14F3N3O/c1-9(2)20-6-5-11(19-20)7-13(21)12-4-3-10(8-18-12)14(15,16)17/h3-6,8-9H,7H2,1-2H3. The summed E-state index contributed by atoms with van der Waals surface area (Å²) in [5.74, 6) is -0.363. The highest BCUT2D eigenvalue weighted by molar-refractivity contribution is 5.95. The smallest absolute Gasteiger partial charge is 0.292 e. The quantitative estimate of drug-likeness (QED) is 0.813. The maximum Gasteiger partial charge on any atom is 0.417 e. The van der Waals surface area contributed by atoms with E-state index in [1.165, 1.54) is 0 Å². The number of hydrogen-bond acceptors (Lipinski definition) is 3. The molecule has 0 saturated carbocycles. The second kappa shape index (κ2) is 5.67. The number of alkyl halides is 3. The molecule has 2 heterocycles. The van der Waals surface area contributed by atoms with Crippen molar-refractivity contribution >= 4 is 5.78 Å². The summed E-state index contributed by atoms with van der Waals surface area (Å²) in [6.45, 7) is 3.91. The topological polar surface area (TPSA) is 47.8 Å². The minimum atomic E-state index is -4.45. The van der Waals surface area contributed by atoms with Gasteiger partial charge in [-0.25, -0.2) is 0 Å². The van der Waals surface area contributed by atoms with Gasteiger partial charge in [0.05, 0.1) is 17.7 Å². The number of Topliss-reactive ketones (excluding diaryl/α,β-unsaturated/α-hetero) is 1. The lowest BCUT2D eigenvalue weighted by molar-refractivity contribution is -0.137. The fourth-order valence-electron chi connectivity index (χ4n) is 1.74. The summed E-state index contributed by atoms with van der Waals surface area (Å²) >= 11 is 0. The van der Waals surface area contributed by atoms with Crippen LogP contribution < -0.4 is 0 Å². The van der Waals surface area contributed by atoms with Gasteiger partial charge < -0.3 is 0 Å². The molecule has 0 saturated heterocycles. The van der Waals surface area contributed by atoms with Crippen LogP contribution in [0.1, 0.15) is 41.6 Å². The monoisotopic (exact) mass is 297 g/mol. The van der Waals surface area contributed by atoms with Crippen molar-refractivity contribution in [2.45, 2.75) is 32.5 Å². The zero-order valence-corrected chi connectivity index (χ0v) is 11.6. The van der Waals surface area contributed by atoms with Gasteiger partial charge >= 0.3 is 6.18 Å². The molecule has 0 aromatic carbocycles. The lowest BCUT2D eigenvalue weighted by atomic mass is 10.1. The van der Waals surface area contributed by atoms with E-state index in [1.807, 2.05) is 13.8 Å². The second-order valence-electron chi connectivity index (χ2n) is 4.91. The number of halogens is 3. The summed E-state index contributed by atoms with van der Waals surface area (Å²) in [6.07, 6.45) is -2.02.